The summed E-state index contributed by atoms with van der Waals surface area (Å²) in [5, 5.41) is 0. The van der Waals surface area contributed by atoms with Crippen molar-refractivity contribution in [2.45, 2.75) is 32.0 Å². The molecular weight excluding hydrogens is 469 g/mol. The fourth-order valence-electron chi connectivity index (χ4n) is 4.63. The molecular formula is C23H28ClF3N6O. The number of imidazole rings is 1. The van der Waals surface area contributed by atoms with Crippen molar-refractivity contribution in [3.63, 3.8) is 0 Å². The van der Waals surface area contributed by atoms with Gasteiger partial charge in [-0.25, -0.2) is 15.0 Å². The molecule has 0 bridgehead atoms. The third-order valence-corrected chi connectivity index (χ3v) is 6.44. The van der Waals surface area contributed by atoms with Gasteiger partial charge in [-0.15, -0.1) is 12.4 Å². The summed E-state index contributed by atoms with van der Waals surface area (Å²) >= 11 is 0. The quantitative estimate of drug-likeness (QED) is 0.537. The van der Waals surface area contributed by atoms with Crippen LogP contribution in [0.2, 0.25) is 0 Å². The van der Waals surface area contributed by atoms with Crippen molar-refractivity contribution in [3.05, 3.63) is 35.7 Å². The lowest BCUT2D eigenvalue weighted by atomic mass is 10.1. The first-order valence-corrected chi connectivity index (χ1v) is 11.3. The molecule has 0 unspecified atom stereocenters. The van der Waals surface area contributed by atoms with Crippen LogP contribution in [-0.2, 0) is 10.9 Å². The number of alkyl halides is 3. The molecule has 0 aliphatic carbocycles. The largest absolute Gasteiger partial charge is 0.416 e. The minimum absolute atomic E-state index is 0. The molecule has 184 valence electrons. The predicted octanol–water partition coefficient (Wildman–Crippen LogP) is 4.35. The summed E-state index contributed by atoms with van der Waals surface area (Å²) in [5.74, 6) is 1.88. The van der Waals surface area contributed by atoms with E-state index < -0.39 is 11.7 Å². The van der Waals surface area contributed by atoms with Gasteiger partial charge in [0, 0.05) is 51.0 Å². The number of piperazine rings is 1. The Bertz CT molecular complexity index is 1150. The average Bonchev–Trinajstić information content (AvgIpc) is 3.18. The van der Waals surface area contributed by atoms with Crippen LogP contribution in [0, 0.1) is 6.92 Å². The molecule has 0 spiro atoms. The molecule has 3 aromatic rings. The smallest absolute Gasteiger partial charge is 0.381 e. The summed E-state index contributed by atoms with van der Waals surface area (Å²) < 4.78 is 47.9. The Labute approximate surface area is 202 Å². The van der Waals surface area contributed by atoms with Crippen LogP contribution < -0.4 is 4.90 Å². The number of benzene rings is 1. The molecule has 34 heavy (non-hydrogen) atoms. The van der Waals surface area contributed by atoms with Crippen LogP contribution in [0.25, 0.3) is 22.6 Å². The second kappa shape index (κ2) is 9.67. The first-order valence-electron chi connectivity index (χ1n) is 11.3. The van der Waals surface area contributed by atoms with Crippen LogP contribution in [0.5, 0.6) is 0 Å². The van der Waals surface area contributed by atoms with Gasteiger partial charge in [0.2, 0.25) is 0 Å². The molecule has 0 atom stereocenters. The first kappa shape index (κ1) is 24.7. The monoisotopic (exact) mass is 496 g/mol. The number of aromatic nitrogens is 4. The predicted molar refractivity (Wildman–Crippen MR) is 127 cm³/mol. The molecule has 0 amide bonds. The second-order valence-corrected chi connectivity index (χ2v) is 8.78. The maximum atomic E-state index is 13.5. The highest BCUT2D eigenvalue weighted by atomic mass is 35.5. The number of ether oxygens (including phenoxy) is 1. The lowest BCUT2D eigenvalue weighted by Crippen LogP contribution is -2.45. The molecule has 2 aliphatic rings. The van der Waals surface area contributed by atoms with Gasteiger partial charge in [0.15, 0.2) is 17.0 Å². The van der Waals surface area contributed by atoms with Crippen LogP contribution in [0.3, 0.4) is 0 Å². The molecule has 0 N–H and O–H groups in total. The van der Waals surface area contributed by atoms with Gasteiger partial charge in [0.25, 0.3) is 0 Å². The minimum atomic E-state index is -4.42. The second-order valence-electron chi connectivity index (χ2n) is 8.78. The highest BCUT2D eigenvalue weighted by Gasteiger charge is 2.32. The number of rotatable bonds is 3. The number of nitrogens with zero attached hydrogens (tertiary/aromatic N) is 6. The number of aryl methyl sites for hydroxylation is 1. The van der Waals surface area contributed by atoms with E-state index in [-0.39, 0.29) is 18.4 Å². The van der Waals surface area contributed by atoms with Gasteiger partial charge < -0.3 is 19.1 Å². The molecule has 5 rings (SSSR count). The van der Waals surface area contributed by atoms with Gasteiger partial charge in [-0.05, 0) is 38.9 Å². The van der Waals surface area contributed by atoms with Crippen LogP contribution in [0.1, 0.15) is 30.3 Å². The van der Waals surface area contributed by atoms with Crippen molar-refractivity contribution in [1.82, 2.24) is 24.4 Å². The van der Waals surface area contributed by atoms with Crippen molar-refractivity contribution >= 4 is 29.4 Å². The van der Waals surface area contributed by atoms with Crippen LogP contribution in [0.15, 0.2) is 24.3 Å². The molecule has 2 fully saturated rings. The third kappa shape index (κ3) is 4.71. The lowest BCUT2D eigenvalue weighted by Gasteiger charge is -2.33. The van der Waals surface area contributed by atoms with E-state index in [0.717, 1.165) is 50.9 Å². The molecule has 0 saturated carbocycles. The number of hydrogen-bond donors (Lipinski definition) is 0. The van der Waals surface area contributed by atoms with E-state index in [1.807, 2.05) is 11.5 Å². The summed E-state index contributed by atoms with van der Waals surface area (Å²) in [5.41, 5.74) is 1.06. The standard InChI is InChI=1S/C23H27F3N6O.ClH/c1-15-27-21(31-10-8-30(2)9-11-31)19-22(28-15)32(18-6-12-33-13-7-18)20(29-19)16-4-3-5-17(14-16)23(24,25)26;/h3-5,14,18H,6-13H2,1-2H3;1H. The van der Waals surface area contributed by atoms with Crippen molar-refractivity contribution in [1.29, 1.82) is 0 Å². The van der Waals surface area contributed by atoms with Crippen LogP contribution in [-0.4, -0.2) is 70.9 Å². The zero-order valence-electron chi connectivity index (χ0n) is 19.2. The normalized spacial score (nSPS) is 18.3. The average molecular weight is 497 g/mol. The van der Waals surface area contributed by atoms with E-state index in [4.69, 9.17) is 19.7 Å². The van der Waals surface area contributed by atoms with Crippen molar-refractivity contribution < 1.29 is 17.9 Å². The Morgan fingerprint density at radius 3 is 2.38 bits per heavy atom. The van der Waals surface area contributed by atoms with E-state index in [1.54, 1.807) is 6.07 Å². The number of anilines is 1. The Kier molecular flexibility index (Phi) is 7.02. The Morgan fingerprint density at radius 2 is 1.71 bits per heavy atom. The van der Waals surface area contributed by atoms with Crippen LogP contribution in [0.4, 0.5) is 19.0 Å². The van der Waals surface area contributed by atoms with Gasteiger partial charge in [0.1, 0.15) is 11.6 Å². The summed E-state index contributed by atoms with van der Waals surface area (Å²) in [6.07, 6.45) is -2.92. The molecule has 1 aromatic carbocycles. The summed E-state index contributed by atoms with van der Waals surface area (Å²) in [7, 11) is 2.09. The molecule has 2 saturated heterocycles. The maximum Gasteiger partial charge on any atom is 0.416 e. The van der Waals surface area contributed by atoms with E-state index in [9.17, 15) is 13.2 Å². The van der Waals surface area contributed by atoms with Gasteiger partial charge >= 0.3 is 6.18 Å². The fraction of sp³-hybridized carbons (Fsp3) is 0.522. The molecule has 11 heteroatoms. The van der Waals surface area contributed by atoms with Gasteiger partial charge in [0.05, 0.1) is 5.56 Å². The molecule has 2 aliphatic heterocycles. The van der Waals surface area contributed by atoms with Crippen molar-refractivity contribution in [2.75, 3.05) is 51.3 Å². The minimum Gasteiger partial charge on any atom is -0.381 e. The molecule has 7 nitrogen and oxygen atoms in total. The Balaban J connectivity index is 0.00000274. The maximum absolute atomic E-state index is 13.5. The van der Waals surface area contributed by atoms with E-state index in [2.05, 4.69) is 16.8 Å². The molecule has 4 heterocycles. The lowest BCUT2D eigenvalue weighted by molar-refractivity contribution is -0.137. The number of fused-ring (bicyclic) bond motifs is 1. The number of likely N-dealkylation sites (N-methyl/N-ethyl adjacent to an activating group) is 1. The van der Waals surface area contributed by atoms with Crippen molar-refractivity contribution in [3.8, 4) is 11.4 Å². The Morgan fingerprint density at radius 1 is 1.00 bits per heavy atom. The topological polar surface area (TPSA) is 59.3 Å². The zero-order valence-corrected chi connectivity index (χ0v) is 20.0. The zero-order chi connectivity index (χ0) is 23.2. The van der Waals surface area contributed by atoms with E-state index in [0.29, 0.717) is 41.6 Å². The SMILES string of the molecule is Cc1nc(N2CCN(C)CC2)c2nc(-c3cccc(C(F)(F)F)c3)n(C3CCOCC3)c2n1.Cl. The number of halogens is 4. The van der Waals surface area contributed by atoms with Crippen LogP contribution >= 0.6 is 12.4 Å². The van der Waals surface area contributed by atoms with E-state index >= 15 is 0 Å². The first-order chi connectivity index (χ1) is 15.8. The summed E-state index contributed by atoms with van der Waals surface area (Å²) in [4.78, 5) is 18.8. The Hall–Kier alpha value is -2.43. The molecule has 0 radical (unpaired) electrons. The highest BCUT2D eigenvalue weighted by Crippen LogP contribution is 2.37. The fourth-order valence-corrected chi connectivity index (χ4v) is 4.63. The highest BCUT2D eigenvalue weighted by molar-refractivity contribution is 5.87. The summed E-state index contributed by atoms with van der Waals surface area (Å²) in [6.45, 7) is 6.49. The van der Waals surface area contributed by atoms with Crippen molar-refractivity contribution in [2.24, 2.45) is 0 Å². The summed E-state index contributed by atoms with van der Waals surface area (Å²) in [6, 6.07) is 5.42. The number of hydrogen-bond acceptors (Lipinski definition) is 6. The third-order valence-electron chi connectivity index (χ3n) is 6.44. The van der Waals surface area contributed by atoms with Gasteiger partial charge in [-0.2, -0.15) is 13.2 Å². The molecule has 2 aromatic heterocycles. The van der Waals surface area contributed by atoms with Gasteiger partial charge in [-0.3, -0.25) is 0 Å². The van der Waals surface area contributed by atoms with E-state index in [1.165, 1.54) is 12.1 Å². The van der Waals surface area contributed by atoms with Gasteiger partial charge in [-0.1, -0.05) is 12.1 Å².